The Kier molecular flexibility index (Phi) is 8.16. The van der Waals surface area contributed by atoms with Gasteiger partial charge in [0, 0.05) is 29.2 Å². The number of hydrogen-bond acceptors (Lipinski definition) is 10. The van der Waals surface area contributed by atoms with Crippen molar-refractivity contribution >= 4 is 49.0 Å². The Labute approximate surface area is 218 Å². The van der Waals surface area contributed by atoms with Crippen molar-refractivity contribution in [1.82, 2.24) is 9.97 Å². The fourth-order valence-electron chi connectivity index (χ4n) is 3.37. The molecule has 2 N–H and O–H groups in total. The summed E-state index contributed by atoms with van der Waals surface area (Å²) in [7, 11) is -6.85. The largest absolute Gasteiger partial charge is 0.495 e. The van der Waals surface area contributed by atoms with E-state index in [2.05, 4.69) is 20.0 Å². The molecule has 202 valence electrons. The molecule has 3 aromatic rings. The number of benzene rings is 2. The van der Waals surface area contributed by atoms with Gasteiger partial charge in [-0.3, -0.25) is 19.2 Å². The molecule has 2 aromatic carbocycles. The number of nitrogens with zero attached hydrogens (tertiary/aromatic N) is 4. The number of hydrogen-bond donors (Lipinski definition) is 2. The second-order valence-corrected chi connectivity index (χ2v) is 11.6. The van der Waals surface area contributed by atoms with Crippen LogP contribution in [0.5, 0.6) is 5.75 Å². The summed E-state index contributed by atoms with van der Waals surface area (Å²) in [6.07, 6.45) is 0.838. The van der Waals surface area contributed by atoms with Crippen LogP contribution in [0.1, 0.15) is 11.4 Å². The number of ether oxygens (including phenoxy) is 1. The molecule has 14 nitrogen and oxygen atoms in total. The highest BCUT2D eigenvalue weighted by Gasteiger charge is 2.26. The zero-order chi connectivity index (χ0) is 28.3. The predicted octanol–water partition coefficient (Wildman–Crippen LogP) is 2.22. The van der Waals surface area contributed by atoms with Gasteiger partial charge in [-0.05, 0) is 50.2 Å². The molecule has 1 heterocycles. The van der Waals surface area contributed by atoms with Gasteiger partial charge in [0.15, 0.2) is 0 Å². The van der Waals surface area contributed by atoms with Gasteiger partial charge in [0.1, 0.15) is 18.0 Å². The highest BCUT2D eigenvalue weighted by Crippen LogP contribution is 2.33. The summed E-state index contributed by atoms with van der Waals surface area (Å²) in [6, 6.07) is 10.1. The number of nitro benzene ring substituents is 1. The molecule has 0 aliphatic rings. The SMILES string of the molecule is COc1ccc([N+](=O)[O-])cc1N(CC(=O)Nc1ccc(S(=O)(=O)Nc2nc(C)cc(C)n2)cc1)S(C)(=O)=O. The maximum atomic E-state index is 12.7. The van der Waals surface area contributed by atoms with E-state index in [0.29, 0.717) is 15.7 Å². The van der Waals surface area contributed by atoms with Crippen LogP contribution >= 0.6 is 0 Å². The molecule has 0 unspecified atom stereocenters. The van der Waals surface area contributed by atoms with Crippen LogP contribution in [0.2, 0.25) is 0 Å². The summed E-state index contributed by atoms with van der Waals surface area (Å²) in [5.41, 5.74) is 0.751. The summed E-state index contributed by atoms with van der Waals surface area (Å²) in [6.45, 7) is 2.66. The first-order valence-corrected chi connectivity index (χ1v) is 14.1. The highest BCUT2D eigenvalue weighted by atomic mass is 32.2. The van der Waals surface area contributed by atoms with Crippen LogP contribution < -0.4 is 19.1 Å². The van der Waals surface area contributed by atoms with Crippen LogP contribution in [0.4, 0.5) is 23.0 Å². The van der Waals surface area contributed by atoms with Crippen molar-refractivity contribution in [2.24, 2.45) is 0 Å². The van der Waals surface area contributed by atoms with Gasteiger partial charge in [0.2, 0.25) is 21.9 Å². The van der Waals surface area contributed by atoms with Crippen LogP contribution in [-0.4, -0.2) is 57.5 Å². The molecule has 16 heteroatoms. The monoisotopic (exact) mass is 564 g/mol. The van der Waals surface area contributed by atoms with Crippen molar-refractivity contribution in [2.45, 2.75) is 18.7 Å². The lowest BCUT2D eigenvalue weighted by atomic mass is 10.2. The number of aromatic nitrogens is 2. The Hall–Kier alpha value is -4.31. The number of aryl methyl sites for hydroxylation is 2. The number of non-ortho nitro benzene ring substituents is 1. The number of carbonyl (C=O) groups is 1. The van der Waals surface area contributed by atoms with Crippen molar-refractivity contribution in [3.8, 4) is 5.75 Å². The minimum Gasteiger partial charge on any atom is -0.495 e. The van der Waals surface area contributed by atoms with Crippen LogP contribution in [-0.2, 0) is 24.8 Å². The third kappa shape index (κ3) is 6.92. The zero-order valence-corrected chi connectivity index (χ0v) is 22.3. The van der Waals surface area contributed by atoms with E-state index in [1.165, 1.54) is 37.4 Å². The maximum Gasteiger partial charge on any atom is 0.271 e. The Bertz CT molecular complexity index is 1570. The summed E-state index contributed by atoms with van der Waals surface area (Å²) < 4.78 is 58.4. The van der Waals surface area contributed by atoms with E-state index in [1.807, 2.05) is 0 Å². The third-order valence-electron chi connectivity index (χ3n) is 4.99. The molecule has 0 bridgehead atoms. The summed E-state index contributed by atoms with van der Waals surface area (Å²) in [5, 5.41) is 13.7. The quantitative estimate of drug-likeness (QED) is 0.273. The van der Waals surface area contributed by atoms with Gasteiger partial charge in [0.05, 0.1) is 23.2 Å². The topological polar surface area (TPSA) is 191 Å². The first-order valence-electron chi connectivity index (χ1n) is 10.7. The number of nitrogens with one attached hydrogen (secondary N) is 2. The zero-order valence-electron chi connectivity index (χ0n) is 20.7. The van der Waals surface area contributed by atoms with Gasteiger partial charge in [-0.2, -0.15) is 0 Å². The summed E-state index contributed by atoms with van der Waals surface area (Å²) >= 11 is 0. The average Bonchev–Trinajstić information content (AvgIpc) is 2.80. The summed E-state index contributed by atoms with van der Waals surface area (Å²) in [4.78, 5) is 31.1. The van der Waals surface area contributed by atoms with Crippen LogP contribution in [0.15, 0.2) is 53.4 Å². The van der Waals surface area contributed by atoms with Crippen LogP contribution in [0.25, 0.3) is 0 Å². The van der Waals surface area contributed by atoms with Crippen molar-refractivity contribution < 1.29 is 31.3 Å². The molecule has 0 saturated carbocycles. The van der Waals surface area contributed by atoms with Crippen molar-refractivity contribution in [1.29, 1.82) is 0 Å². The van der Waals surface area contributed by atoms with Gasteiger partial charge in [-0.25, -0.2) is 31.5 Å². The second kappa shape index (κ2) is 11.0. The fraction of sp³-hybridized carbons (Fsp3) is 0.227. The Morgan fingerprint density at radius 1 is 1.03 bits per heavy atom. The van der Waals surface area contributed by atoms with E-state index in [9.17, 15) is 31.7 Å². The lowest BCUT2D eigenvalue weighted by Crippen LogP contribution is -2.37. The smallest absolute Gasteiger partial charge is 0.271 e. The number of carbonyl (C=O) groups excluding carboxylic acids is 1. The van der Waals surface area contributed by atoms with E-state index < -0.39 is 43.1 Å². The van der Waals surface area contributed by atoms with Gasteiger partial charge in [-0.15, -0.1) is 0 Å². The molecular formula is C22H24N6O8S2. The number of nitro groups is 1. The van der Waals surface area contributed by atoms with Gasteiger partial charge in [0.25, 0.3) is 15.7 Å². The number of rotatable bonds is 10. The molecule has 0 aliphatic heterocycles. The maximum absolute atomic E-state index is 12.7. The molecule has 38 heavy (non-hydrogen) atoms. The molecule has 0 fully saturated rings. The van der Waals surface area contributed by atoms with Crippen molar-refractivity contribution in [3.63, 3.8) is 0 Å². The Balaban J connectivity index is 1.79. The molecular weight excluding hydrogens is 540 g/mol. The average molecular weight is 565 g/mol. The number of sulfonamides is 2. The highest BCUT2D eigenvalue weighted by molar-refractivity contribution is 7.92. The molecule has 0 saturated heterocycles. The molecule has 0 aliphatic carbocycles. The van der Waals surface area contributed by atoms with E-state index in [-0.39, 0.29) is 28.0 Å². The van der Waals surface area contributed by atoms with Gasteiger partial charge < -0.3 is 10.1 Å². The summed E-state index contributed by atoms with van der Waals surface area (Å²) in [5.74, 6) is -0.873. The minimum atomic E-state index is -4.07. The fourth-order valence-corrected chi connectivity index (χ4v) is 5.16. The Morgan fingerprint density at radius 2 is 1.63 bits per heavy atom. The first kappa shape index (κ1) is 28.3. The molecule has 0 radical (unpaired) electrons. The lowest BCUT2D eigenvalue weighted by molar-refractivity contribution is -0.384. The normalized spacial score (nSPS) is 11.5. The third-order valence-corrected chi connectivity index (χ3v) is 7.46. The van der Waals surface area contributed by atoms with E-state index in [4.69, 9.17) is 4.74 Å². The molecule has 3 rings (SSSR count). The van der Waals surface area contributed by atoms with Gasteiger partial charge in [-0.1, -0.05) is 0 Å². The minimum absolute atomic E-state index is 0.00340. The van der Waals surface area contributed by atoms with E-state index in [0.717, 1.165) is 18.4 Å². The number of amides is 1. The number of methoxy groups -OCH3 is 1. The van der Waals surface area contributed by atoms with Crippen LogP contribution in [0, 0.1) is 24.0 Å². The molecule has 0 atom stereocenters. The van der Waals surface area contributed by atoms with Crippen LogP contribution in [0.3, 0.4) is 0 Å². The van der Waals surface area contributed by atoms with Crippen molar-refractivity contribution in [2.75, 3.05) is 34.3 Å². The number of anilines is 3. The molecule has 1 amide bonds. The first-order chi connectivity index (χ1) is 17.7. The van der Waals surface area contributed by atoms with E-state index >= 15 is 0 Å². The van der Waals surface area contributed by atoms with Crippen molar-refractivity contribution in [3.05, 3.63) is 70.0 Å². The lowest BCUT2D eigenvalue weighted by Gasteiger charge is -2.23. The predicted molar refractivity (Wildman–Crippen MR) is 139 cm³/mol. The standard InChI is InChI=1S/C22H24N6O8S2/c1-14-11-15(2)24-22(23-14)26-38(34,35)18-8-5-16(6-9-18)25-21(29)13-27(37(4,32)33)19-12-17(28(30)31)7-10-20(19)36-3/h5-12H,13H2,1-4H3,(H,25,29)(H,23,24,26). The second-order valence-electron chi connectivity index (χ2n) is 8.04. The van der Waals surface area contributed by atoms with Gasteiger partial charge >= 0.3 is 0 Å². The molecule has 1 aromatic heterocycles. The molecule has 0 spiro atoms. The Morgan fingerprint density at radius 3 is 2.16 bits per heavy atom. The van der Waals surface area contributed by atoms with E-state index in [1.54, 1.807) is 19.9 Å².